The van der Waals surface area contributed by atoms with Crippen molar-refractivity contribution in [3.63, 3.8) is 0 Å². The second-order valence-corrected chi connectivity index (χ2v) is 6.16. The number of fused-ring (bicyclic) bond motifs is 1. The number of rotatable bonds is 5. The topological polar surface area (TPSA) is 70.1 Å². The predicted octanol–water partition coefficient (Wildman–Crippen LogP) is 3.88. The van der Waals surface area contributed by atoms with Crippen molar-refractivity contribution in [3.8, 4) is 11.4 Å². The fraction of sp³-hybridized carbons (Fsp3) is 0.263. The number of alkyl halides is 3. The van der Waals surface area contributed by atoms with Crippen molar-refractivity contribution >= 4 is 10.9 Å². The quantitative estimate of drug-likeness (QED) is 0.666. The zero-order valence-corrected chi connectivity index (χ0v) is 14.8. The van der Waals surface area contributed by atoms with Crippen molar-refractivity contribution in [1.29, 1.82) is 0 Å². The molecular weight excluding hydrogens is 378 g/mol. The maximum atomic E-state index is 14.2. The number of benzene rings is 2. The van der Waals surface area contributed by atoms with Crippen LogP contribution >= 0.6 is 0 Å². The van der Waals surface area contributed by atoms with Crippen molar-refractivity contribution in [2.45, 2.75) is 25.6 Å². The first-order valence-electron chi connectivity index (χ1n) is 8.48. The molecule has 0 aliphatic heterocycles. The van der Waals surface area contributed by atoms with E-state index < -0.39 is 30.2 Å². The van der Waals surface area contributed by atoms with Gasteiger partial charge in [-0.05, 0) is 42.8 Å². The maximum Gasteiger partial charge on any atom is 0.422 e. The predicted molar refractivity (Wildman–Crippen MR) is 96.1 cm³/mol. The van der Waals surface area contributed by atoms with E-state index >= 15 is 0 Å². The van der Waals surface area contributed by atoms with Gasteiger partial charge < -0.3 is 10.5 Å². The van der Waals surface area contributed by atoms with Crippen molar-refractivity contribution in [3.05, 3.63) is 64.5 Å². The van der Waals surface area contributed by atoms with Crippen LogP contribution in [0.1, 0.15) is 25.2 Å². The number of nitrogens with zero attached hydrogens (tertiary/aromatic N) is 2. The summed E-state index contributed by atoms with van der Waals surface area (Å²) in [7, 11) is 0. The van der Waals surface area contributed by atoms with Gasteiger partial charge in [-0.15, -0.1) is 0 Å². The zero-order valence-electron chi connectivity index (χ0n) is 14.8. The highest BCUT2D eigenvalue weighted by Crippen LogP contribution is 2.23. The molecule has 28 heavy (non-hydrogen) atoms. The van der Waals surface area contributed by atoms with E-state index in [-0.39, 0.29) is 22.5 Å². The van der Waals surface area contributed by atoms with Crippen LogP contribution < -0.4 is 16.0 Å². The van der Waals surface area contributed by atoms with Gasteiger partial charge in [0.1, 0.15) is 22.8 Å². The Balaban J connectivity index is 2.12. The molecule has 2 N–H and O–H groups in total. The number of hydrogen-bond donors (Lipinski definition) is 1. The van der Waals surface area contributed by atoms with Crippen molar-refractivity contribution < 1.29 is 22.3 Å². The Morgan fingerprint density at radius 1 is 1.18 bits per heavy atom. The SMILES string of the molecule is CCC(N)c1nc2cccc(F)c2c(=O)n1-c1ccc(OCC(F)(F)F)cc1. The Kier molecular flexibility index (Phi) is 5.37. The molecule has 3 aromatic rings. The molecule has 5 nitrogen and oxygen atoms in total. The van der Waals surface area contributed by atoms with Gasteiger partial charge in [0.25, 0.3) is 5.56 Å². The molecule has 0 fully saturated rings. The molecule has 1 heterocycles. The third-order valence-corrected chi connectivity index (χ3v) is 4.14. The van der Waals surface area contributed by atoms with Gasteiger partial charge in [-0.1, -0.05) is 13.0 Å². The van der Waals surface area contributed by atoms with Crippen LogP contribution in [-0.4, -0.2) is 22.3 Å². The van der Waals surface area contributed by atoms with Gasteiger partial charge in [0.15, 0.2) is 6.61 Å². The van der Waals surface area contributed by atoms with Crippen LogP contribution in [0.2, 0.25) is 0 Å². The molecule has 0 aliphatic rings. The normalized spacial score (nSPS) is 12.9. The summed E-state index contributed by atoms with van der Waals surface area (Å²) >= 11 is 0. The summed E-state index contributed by atoms with van der Waals surface area (Å²) in [6, 6.07) is 8.90. The van der Waals surface area contributed by atoms with Crippen LogP contribution in [0.3, 0.4) is 0 Å². The number of ether oxygens (including phenoxy) is 1. The average Bonchev–Trinajstić information content (AvgIpc) is 2.65. The molecule has 0 amide bonds. The lowest BCUT2D eigenvalue weighted by molar-refractivity contribution is -0.153. The first kappa shape index (κ1) is 19.8. The second kappa shape index (κ2) is 7.59. The third kappa shape index (κ3) is 3.99. The molecule has 1 unspecified atom stereocenters. The summed E-state index contributed by atoms with van der Waals surface area (Å²) in [6.07, 6.45) is -3.99. The molecule has 0 bridgehead atoms. The fourth-order valence-corrected chi connectivity index (χ4v) is 2.74. The molecule has 0 saturated carbocycles. The van der Waals surface area contributed by atoms with Gasteiger partial charge in [-0.25, -0.2) is 9.37 Å². The van der Waals surface area contributed by atoms with Gasteiger partial charge >= 0.3 is 6.18 Å². The largest absolute Gasteiger partial charge is 0.484 e. The molecule has 0 saturated heterocycles. The Labute approximate surface area is 157 Å². The zero-order chi connectivity index (χ0) is 20.5. The lowest BCUT2D eigenvalue weighted by Gasteiger charge is -2.18. The summed E-state index contributed by atoms with van der Waals surface area (Å²) in [4.78, 5) is 17.3. The van der Waals surface area contributed by atoms with E-state index in [2.05, 4.69) is 9.72 Å². The minimum absolute atomic E-state index is 0.0182. The number of nitrogens with two attached hydrogens (primary N) is 1. The molecule has 0 aliphatic carbocycles. The summed E-state index contributed by atoms with van der Waals surface area (Å²) in [5.74, 6) is -0.504. The lowest BCUT2D eigenvalue weighted by atomic mass is 10.1. The van der Waals surface area contributed by atoms with Crippen LogP contribution in [0.15, 0.2) is 47.3 Å². The van der Waals surface area contributed by atoms with Gasteiger partial charge in [0.2, 0.25) is 0 Å². The van der Waals surface area contributed by atoms with Gasteiger partial charge in [0.05, 0.1) is 17.2 Å². The minimum Gasteiger partial charge on any atom is -0.484 e. The smallest absolute Gasteiger partial charge is 0.422 e. The summed E-state index contributed by atoms with van der Waals surface area (Å²) in [5, 5.41) is -0.188. The van der Waals surface area contributed by atoms with E-state index in [0.717, 1.165) is 6.07 Å². The van der Waals surface area contributed by atoms with E-state index in [4.69, 9.17) is 5.73 Å². The van der Waals surface area contributed by atoms with E-state index in [1.165, 1.54) is 41.0 Å². The van der Waals surface area contributed by atoms with Gasteiger partial charge in [0, 0.05) is 0 Å². The fourth-order valence-electron chi connectivity index (χ4n) is 2.74. The van der Waals surface area contributed by atoms with E-state index in [1.807, 2.05) is 6.92 Å². The maximum absolute atomic E-state index is 14.2. The molecule has 148 valence electrons. The van der Waals surface area contributed by atoms with Crippen LogP contribution in [0, 0.1) is 5.82 Å². The molecule has 0 radical (unpaired) electrons. The molecule has 0 spiro atoms. The highest BCUT2D eigenvalue weighted by Gasteiger charge is 2.28. The Morgan fingerprint density at radius 3 is 2.46 bits per heavy atom. The number of hydrogen-bond acceptors (Lipinski definition) is 4. The third-order valence-electron chi connectivity index (χ3n) is 4.14. The molecular formula is C19H17F4N3O2. The Bertz CT molecular complexity index is 1050. The molecule has 3 rings (SSSR count). The number of aromatic nitrogens is 2. The van der Waals surface area contributed by atoms with E-state index in [0.29, 0.717) is 12.1 Å². The summed E-state index contributed by atoms with van der Waals surface area (Å²) in [5.41, 5.74) is 5.92. The van der Waals surface area contributed by atoms with Crippen LogP contribution in [-0.2, 0) is 0 Å². The van der Waals surface area contributed by atoms with Crippen molar-refractivity contribution in [1.82, 2.24) is 9.55 Å². The monoisotopic (exact) mass is 395 g/mol. The highest BCUT2D eigenvalue weighted by atomic mass is 19.4. The first-order valence-corrected chi connectivity index (χ1v) is 8.48. The Hall–Kier alpha value is -2.94. The second-order valence-electron chi connectivity index (χ2n) is 6.16. The number of halogens is 4. The summed E-state index contributed by atoms with van der Waals surface area (Å²) < 4.78 is 56.9. The highest BCUT2D eigenvalue weighted by molar-refractivity contribution is 5.78. The lowest BCUT2D eigenvalue weighted by Crippen LogP contribution is -2.28. The van der Waals surface area contributed by atoms with E-state index in [1.54, 1.807) is 0 Å². The summed E-state index contributed by atoms with van der Waals surface area (Å²) in [6.45, 7) is 0.381. The van der Waals surface area contributed by atoms with Gasteiger partial charge in [-0.3, -0.25) is 9.36 Å². The molecule has 1 atom stereocenters. The standard InChI is InChI=1S/C19H17F4N3O2/c1-2-14(24)17-25-15-5-3-4-13(20)16(15)18(27)26(17)11-6-8-12(9-7-11)28-10-19(21,22)23/h3-9,14H,2,10,24H2,1H3. The van der Waals surface area contributed by atoms with Gasteiger partial charge in [-0.2, -0.15) is 13.2 Å². The van der Waals surface area contributed by atoms with Crippen LogP contribution in [0.25, 0.3) is 16.6 Å². The van der Waals surface area contributed by atoms with E-state index in [9.17, 15) is 22.4 Å². The molecule has 2 aromatic carbocycles. The minimum atomic E-state index is -4.46. The molecule has 9 heteroatoms. The average molecular weight is 395 g/mol. The van der Waals surface area contributed by atoms with Crippen LogP contribution in [0.4, 0.5) is 17.6 Å². The molecule has 1 aromatic heterocycles. The van der Waals surface area contributed by atoms with Crippen molar-refractivity contribution in [2.24, 2.45) is 5.73 Å². The Morgan fingerprint density at radius 2 is 1.86 bits per heavy atom. The first-order chi connectivity index (χ1) is 13.2. The van der Waals surface area contributed by atoms with Crippen LogP contribution in [0.5, 0.6) is 5.75 Å². The van der Waals surface area contributed by atoms with Crippen molar-refractivity contribution in [2.75, 3.05) is 6.61 Å².